The molecule has 2 N–H and O–H groups in total. The Kier molecular flexibility index (Phi) is 5.48. The van der Waals surface area contributed by atoms with E-state index in [1.54, 1.807) is 42.3 Å². The molecule has 1 atom stereocenters. The fraction of sp³-hybridized carbons (Fsp3) is 0.211. The van der Waals surface area contributed by atoms with Gasteiger partial charge in [0.2, 0.25) is 5.91 Å². The smallest absolute Gasteiger partial charge is 0.319 e. The van der Waals surface area contributed by atoms with Gasteiger partial charge in [-0.2, -0.15) is 0 Å². The van der Waals surface area contributed by atoms with Crippen LogP contribution in [0.25, 0.3) is 10.2 Å². The van der Waals surface area contributed by atoms with Crippen LogP contribution in [-0.2, 0) is 11.3 Å². The molecule has 3 rings (SSSR count). The summed E-state index contributed by atoms with van der Waals surface area (Å²) in [5.41, 5.74) is 1.61. The molecule has 0 unspecified atom stereocenters. The zero-order valence-electron chi connectivity index (χ0n) is 14.6. The second-order valence-corrected chi connectivity index (χ2v) is 7.07. The molecule has 1 heterocycles. The van der Waals surface area contributed by atoms with Crippen molar-refractivity contribution in [3.05, 3.63) is 59.6 Å². The fourth-order valence-corrected chi connectivity index (χ4v) is 3.57. The lowest BCUT2D eigenvalue weighted by atomic mass is 10.3. The number of hydrogen-bond acceptors (Lipinski definition) is 4. The van der Waals surface area contributed by atoms with Crippen LogP contribution in [0.5, 0.6) is 0 Å². The summed E-state index contributed by atoms with van der Waals surface area (Å²) in [6.45, 7) is 2.08. The topological polar surface area (TPSA) is 74.3 Å². The fourth-order valence-electron chi connectivity index (χ4n) is 2.55. The first-order valence-electron chi connectivity index (χ1n) is 8.25. The van der Waals surface area contributed by atoms with Crippen molar-refractivity contribution in [3.63, 3.8) is 0 Å². The van der Waals surface area contributed by atoms with E-state index in [1.807, 2.05) is 42.5 Å². The molecule has 6 nitrogen and oxygen atoms in total. The van der Waals surface area contributed by atoms with Gasteiger partial charge < -0.3 is 15.5 Å². The van der Waals surface area contributed by atoms with Crippen LogP contribution in [0.1, 0.15) is 11.9 Å². The number of para-hydroxylation sites is 2. The molecule has 7 heteroatoms. The summed E-state index contributed by atoms with van der Waals surface area (Å²) in [6, 6.07) is 15.9. The Hall–Kier alpha value is -2.93. The third kappa shape index (κ3) is 4.37. The number of nitrogens with one attached hydrogen (secondary N) is 2. The molecule has 26 heavy (non-hydrogen) atoms. The molecule has 0 spiro atoms. The van der Waals surface area contributed by atoms with E-state index < -0.39 is 12.1 Å². The van der Waals surface area contributed by atoms with Gasteiger partial charge in [0.25, 0.3) is 0 Å². The van der Waals surface area contributed by atoms with Gasteiger partial charge >= 0.3 is 6.03 Å². The number of hydrogen-bond donors (Lipinski definition) is 2. The first kappa shape index (κ1) is 17.9. The van der Waals surface area contributed by atoms with Gasteiger partial charge in [-0.3, -0.25) is 4.79 Å². The number of benzene rings is 2. The Morgan fingerprint density at radius 1 is 1.12 bits per heavy atom. The average Bonchev–Trinajstić information content (AvgIpc) is 3.03. The maximum atomic E-state index is 12.5. The zero-order valence-corrected chi connectivity index (χ0v) is 15.4. The zero-order chi connectivity index (χ0) is 18.5. The lowest BCUT2D eigenvalue weighted by molar-refractivity contribution is -0.131. The molecule has 134 valence electrons. The Labute approximate surface area is 155 Å². The monoisotopic (exact) mass is 368 g/mol. The number of likely N-dealkylation sites (N-methyl/N-ethyl adjacent to an activating group) is 1. The van der Waals surface area contributed by atoms with Crippen LogP contribution in [0.2, 0.25) is 0 Å². The molecule has 0 radical (unpaired) electrons. The second kappa shape index (κ2) is 7.97. The van der Waals surface area contributed by atoms with Gasteiger partial charge in [0, 0.05) is 12.7 Å². The maximum Gasteiger partial charge on any atom is 0.319 e. The summed E-state index contributed by atoms with van der Waals surface area (Å²) in [4.78, 5) is 30.6. The SMILES string of the molecule is C[C@H](NC(=O)Nc1ccccc1)C(=O)N(C)Cc1nc2ccccc2s1. The number of aromatic nitrogens is 1. The van der Waals surface area contributed by atoms with Gasteiger partial charge in [-0.1, -0.05) is 30.3 Å². The number of rotatable bonds is 5. The number of amides is 3. The molecule has 0 saturated heterocycles. The predicted molar refractivity (Wildman–Crippen MR) is 104 cm³/mol. The van der Waals surface area contributed by atoms with E-state index >= 15 is 0 Å². The van der Waals surface area contributed by atoms with Crippen LogP contribution in [0.4, 0.5) is 10.5 Å². The molecule has 1 aromatic heterocycles. The largest absolute Gasteiger partial charge is 0.337 e. The minimum atomic E-state index is -0.641. The highest BCUT2D eigenvalue weighted by atomic mass is 32.1. The minimum Gasteiger partial charge on any atom is -0.337 e. The highest BCUT2D eigenvalue weighted by Crippen LogP contribution is 2.22. The van der Waals surface area contributed by atoms with E-state index in [0.29, 0.717) is 12.2 Å². The van der Waals surface area contributed by atoms with E-state index in [2.05, 4.69) is 15.6 Å². The second-order valence-electron chi connectivity index (χ2n) is 5.96. The van der Waals surface area contributed by atoms with Crippen molar-refractivity contribution >= 4 is 39.2 Å². The van der Waals surface area contributed by atoms with Crippen molar-refractivity contribution in [1.82, 2.24) is 15.2 Å². The summed E-state index contributed by atoms with van der Waals surface area (Å²) in [5, 5.41) is 6.23. The number of carbonyl (C=O) groups is 2. The molecule has 2 aromatic carbocycles. The average molecular weight is 368 g/mol. The molecule has 0 aliphatic rings. The van der Waals surface area contributed by atoms with Crippen molar-refractivity contribution in [2.24, 2.45) is 0 Å². The number of thiazole rings is 1. The summed E-state index contributed by atoms with van der Waals surface area (Å²) >= 11 is 1.57. The van der Waals surface area contributed by atoms with Crippen molar-refractivity contribution in [2.45, 2.75) is 19.5 Å². The van der Waals surface area contributed by atoms with Crippen molar-refractivity contribution in [3.8, 4) is 0 Å². The Balaban J connectivity index is 1.56. The quantitative estimate of drug-likeness (QED) is 0.724. The minimum absolute atomic E-state index is 0.174. The van der Waals surface area contributed by atoms with Crippen LogP contribution < -0.4 is 10.6 Å². The Morgan fingerprint density at radius 2 is 1.81 bits per heavy atom. The van der Waals surface area contributed by atoms with Crippen LogP contribution in [0.3, 0.4) is 0 Å². The lowest BCUT2D eigenvalue weighted by Gasteiger charge is -2.21. The first-order chi connectivity index (χ1) is 12.5. The molecule has 3 amide bonds. The highest BCUT2D eigenvalue weighted by Gasteiger charge is 2.20. The van der Waals surface area contributed by atoms with Crippen molar-refractivity contribution in [1.29, 1.82) is 0 Å². The van der Waals surface area contributed by atoms with Gasteiger partial charge in [-0.15, -0.1) is 11.3 Å². The molecule has 0 saturated carbocycles. The summed E-state index contributed by atoms with van der Waals surface area (Å²) in [7, 11) is 1.71. The number of nitrogens with zero attached hydrogens (tertiary/aromatic N) is 2. The standard InChI is InChI=1S/C19H20N4O2S/c1-13(20-19(25)21-14-8-4-3-5-9-14)18(24)23(2)12-17-22-15-10-6-7-11-16(15)26-17/h3-11,13H,12H2,1-2H3,(H2,20,21,25)/t13-/m0/s1. The normalized spacial score (nSPS) is 11.8. The van der Waals surface area contributed by atoms with E-state index in [4.69, 9.17) is 0 Å². The molecule has 3 aromatic rings. The third-order valence-corrected chi connectivity index (χ3v) is 4.86. The number of fused-ring (bicyclic) bond motifs is 1. The highest BCUT2D eigenvalue weighted by molar-refractivity contribution is 7.18. The van der Waals surface area contributed by atoms with Crippen LogP contribution in [0.15, 0.2) is 54.6 Å². The molecule has 0 fully saturated rings. The van der Waals surface area contributed by atoms with Crippen LogP contribution in [0, 0.1) is 0 Å². The van der Waals surface area contributed by atoms with Gasteiger partial charge in [0.05, 0.1) is 16.8 Å². The number of carbonyl (C=O) groups excluding carboxylic acids is 2. The maximum absolute atomic E-state index is 12.5. The van der Waals surface area contributed by atoms with E-state index in [0.717, 1.165) is 15.2 Å². The Bertz CT molecular complexity index is 877. The summed E-state index contributed by atoms with van der Waals surface area (Å²) in [5.74, 6) is -0.174. The van der Waals surface area contributed by atoms with Gasteiger partial charge in [-0.05, 0) is 31.2 Å². The molecular formula is C19H20N4O2S. The van der Waals surface area contributed by atoms with E-state index in [-0.39, 0.29) is 5.91 Å². The molecule has 0 aliphatic carbocycles. The van der Waals surface area contributed by atoms with Gasteiger partial charge in [-0.25, -0.2) is 9.78 Å². The predicted octanol–water partition coefficient (Wildman–Crippen LogP) is 3.46. The Morgan fingerprint density at radius 3 is 2.54 bits per heavy atom. The first-order valence-corrected chi connectivity index (χ1v) is 9.06. The van der Waals surface area contributed by atoms with Crippen LogP contribution in [-0.4, -0.2) is 34.9 Å². The third-order valence-electron chi connectivity index (χ3n) is 3.84. The lowest BCUT2D eigenvalue weighted by Crippen LogP contribution is -2.46. The molecule has 0 bridgehead atoms. The van der Waals surface area contributed by atoms with Crippen molar-refractivity contribution in [2.75, 3.05) is 12.4 Å². The summed E-state index contributed by atoms with van der Waals surface area (Å²) in [6.07, 6.45) is 0. The van der Waals surface area contributed by atoms with Crippen molar-refractivity contribution < 1.29 is 9.59 Å². The van der Waals surface area contributed by atoms with Gasteiger partial charge in [0.15, 0.2) is 0 Å². The molecule has 0 aliphatic heterocycles. The van der Waals surface area contributed by atoms with E-state index in [9.17, 15) is 9.59 Å². The van der Waals surface area contributed by atoms with E-state index in [1.165, 1.54) is 0 Å². The number of anilines is 1. The van der Waals surface area contributed by atoms with Gasteiger partial charge in [0.1, 0.15) is 11.0 Å². The van der Waals surface area contributed by atoms with Crippen LogP contribution >= 0.6 is 11.3 Å². The molecular weight excluding hydrogens is 348 g/mol. The number of urea groups is 1. The summed E-state index contributed by atoms with van der Waals surface area (Å²) < 4.78 is 1.09.